The Labute approximate surface area is 349 Å². The molecule has 3 saturated heterocycles. The largest absolute Gasteiger partial charge is 0.488 e. The number of fused-ring (bicyclic) bond motifs is 2. The Bertz CT molecular complexity index is 2480. The summed E-state index contributed by atoms with van der Waals surface area (Å²) < 4.78 is 9.00. The highest BCUT2D eigenvalue weighted by molar-refractivity contribution is 6.08. The summed E-state index contributed by atoms with van der Waals surface area (Å²) in [6, 6.07) is 17.3. The molecular weight excluding hydrogens is 757 g/mol. The number of nitrogens with one attached hydrogen (secondary N) is 2. The summed E-state index contributed by atoms with van der Waals surface area (Å²) in [5.74, 6) is 2.41. The number of carbonyl (C=O) groups is 3. The number of hydrogen-bond donors (Lipinski definition) is 2. The van der Waals surface area contributed by atoms with Gasteiger partial charge >= 0.3 is 6.03 Å². The number of amides is 4. The van der Waals surface area contributed by atoms with Crippen LogP contribution in [0.3, 0.4) is 0 Å². The maximum atomic E-state index is 13.6. The van der Waals surface area contributed by atoms with Gasteiger partial charge in [0.1, 0.15) is 29.6 Å². The maximum Gasteiger partial charge on any atom is 0.329 e. The van der Waals surface area contributed by atoms with Gasteiger partial charge in [-0.3, -0.25) is 24.8 Å². The molecule has 4 aliphatic rings. The zero-order valence-corrected chi connectivity index (χ0v) is 34.7. The zero-order chi connectivity index (χ0) is 41.8. The number of benzene rings is 1. The molecule has 4 aromatic heterocycles. The summed E-state index contributed by atoms with van der Waals surface area (Å²) >= 11 is 0. The molecule has 5 aromatic rings. The Hall–Kier alpha value is -6.07. The van der Waals surface area contributed by atoms with Crippen molar-refractivity contribution in [3.63, 3.8) is 0 Å². The minimum atomic E-state index is -0.415. The maximum absolute atomic E-state index is 13.6. The van der Waals surface area contributed by atoms with Gasteiger partial charge in [-0.1, -0.05) is 27.7 Å². The molecule has 14 nitrogen and oxygen atoms in total. The number of imide groups is 1. The summed E-state index contributed by atoms with van der Waals surface area (Å²) in [5.41, 5.74) is 2.00. The van der Waals surface area contributed by atoms with Crippen LogP contribution in [-0.4, -0.2) is 93.7 Å². The van der Waals surface area contributed by atoms with E-state index in [0.29, 0.717) is 46.7 Å². The Morgan fingerprint density at radius 1 is 0.900 bits per heavy atom. The van der Waals surface area contributed by atoms with Gasteiger partial charge < -0.3 is 24.4 Å². The molecule has 4 fully saturated rings. The number of urea groups is 1. The van der Waals surface area contributed by atoms with Crippen molar-refractivity contribution >= 4 is 51.3 Å². The fraction of sp³-hybridized carbons (Fsp3) is 0.457. The van der Waals surface area contributed by atoms with Crippen LogP contribution in [-0.2, 0) is 4.79 Å². The van der Waals surface area contributed by atoms with Gasteiger partial charge in [-0.25, -0.2) is 14.8 Å². The fourth-order valence-electron chi connectivity index (χ4n) is 10.7. The van der Waals surface area contributed by atoms with Gasteiger partial charge in [0.25, 0.3) is 5.91 Å². The minimum absolute atomic E-state index is 0.139. The van der Waals surface area contributed by atoms with Crippen LogP contribution in [0.4, 0.5) is 16.4 Å². The Balaban J connectivity index is 0.751. The molecule has 1 aliphatic carbocycles. The van der Waals surface area contributed by atoms with Crippen molar-refractivity contribution in [2.45, 2.75) is 78.0 Å². The number of carbonyl (C=O) groups excluding carboxylic acids is 3. The first-order chi connectivity index (χ1) is 28.9. The van der Waals surface area contributed by atoms with E-state index in [1.54, 1.807) is 29.6 Å². The first-order valence-corrected chi connectivity index (χ1v) is 21.2. The van der Waals surface area contributed by atoms with Crippen LogP contribution in [0.5, 0.6) is 5.75 Å². The Kier molecular flexibility index (Phi) is 10.2. The number of aromatic nitrogens is 4. The standard InChI is InChI=1S/C46H52N10O4/c1-45(2)42(46(3,4)43(45)60-36-9-7-30(26-47)39-34(36)6-5-18-48-39)52-41(58)31-8-10-37(50-27-31)54-22-12-29(13-23-54)28-53-20-14-32(15-21-53)55-24-16-33-35(55)11-19-49-40(33)56-25-17-38(57)51-44(56)59/h5-11,16,18-19,24,27,29,32,42-43H,12-15,17,20-23,25,28H2,1-4H3,(H,52,58)(H,51,57,59). The van der Waals surface area contributed by atoms with Crippen molar-refractivity contribution in [1.29, 1.82) is 5.26 Å². The summed E-state index contributed by atoms with van der Waals surface area (Å²) in [6.07, 6.45) is 11.6. The SMILES string of the molecule is CC1(C)C(NC(=O)c2ccc(N3CCC(CN4CCC(n5ccc6c(N7CCC(=O)NC7=O)nccc65)CC4)CC3)nc2)C(C)(C)C1Oc1ccc(C#N)c2ncccc12. The molecule has 0 radical (unpaired) electrons. The van der Waals surface area contributed by atoms with Crippen molar-refractivity contribution < 1.29 is 19.1 Å². The smallest absolute Gasteiger partial charge is 0.329 e. The number of nitriles is 1. The molecule has 0 unspecified atom stereocenters. The lowest BCUT2D eigenvalue weighted by Gasteiger charge is -2.63. The summed E-state index contributed by atoms with van der Waals surface area (Å²) in [4.78, 5) is 58.1. The highest BCUT2D eigenvalue weighted by Gasteiger charge is 2.64. The lowest BCUT2D eigenvalue weighted by Crippen LogP contribution is -2.74. The Morgan fingerprint density at radius 2 is 1.68 bits per heavy atom. The van der Waals surface area contributed by atoms with Crippen molar-refractivity contribution in [3.05, 3.63) is 84.4 Å². The average Bonchev–Trinajstić information content (AvgIpc) is 3.70. The van der Waals surface area contributed by atoms with Crippen LogP contribution in [0, 0.1) is 28.1 Å². The number of anilines is 2. The van der Waals surface area contributed by atoms with Crippen LogP contribution in [0.2, 0.25) is 0 Å². The summed E-state index contributed by atoms with van der Waals surface area (Å²) in [7, 11) is 0. The molecule has 9 rings (SSSR count). The molecule has 1 aromatic carbocycles. The third kappa shape index (κ3) is 7.08. The van der Waals surface area contributed by atoms with E-state index in [-0.39, 0.29) is 41.2 Å². The van der Waals surface area contributed by atoms with Gasteiger partial charge in [0.05, 0.1) is 22.2 Å². The van der Waals surface area contributed by atoms with E-state index in [0.717, 1.165) is 80.5 Å². The highest BCUT2D eigenvalue weighted by atomic mass is 16.5. The quantitative estimate of drug-likeness (QED) is 0.169. The van der Waals surface area contributed by atoms with Crippen LogP contribution < -0.4 is 25.2 Å². The average molecular weight is 809 g/mol. The number of pyridine rings is 3. The monoisotopic (exact) mass is 808 g/mol. The van der Waals surface area contributed by atoms with Crippen LogP contribution in [0.1, 0.15) is 81.8 Å². The molecule has 2 N–H and O–H groups in total. The molecule has 310 valence electrons. The molecule has 0 atom stereocenters. The van der Waals surface area contributed by atoms with Crippen molar-refractivity contribution in [2.24, 2.45) is 16.7 Å². The lowest BCUT2D eigenvalue weighted by atomic mass is 9.49. The predicted molar refractivity (Wildman–Crippen MR) is 229 cm³/mol. The molecule has 3 aliphatic heterocycles. The number of hydrogen-bond acceptors (Lipinski definition) is 10. The number of nitrogens with zero attached hydrogens (tertiary/aromatic N) is 8. The second kappa shape index (κ2) is 15.5. The van der Waals surface area contributed by atoms with Crippen molar-refractivity contribution in [1.82, 2.24) is 35.1 Å². The first-order valence-electron chi connectivity index (χ1n) is 21.2. The third-order valence-corrected chi connectivity index (χ3v) is 13.6. The number of piperidine rings is 2. The zero-order valence-electron chi connectivity index (χ0n) is 34.7. The molecule has 14 heteroatoms. The van der Waals surface area contributed by atoms with Gasteiger partial charge in [0.2, 0.25) is 5.91 Å². The lowest BCUT2D eigenvalue weighted by molar-refractivity contribution is -0.163. The van der Waals surface area contributed by atoms with Gasteiger partial charge in [0, 0.05) is 104 Å². The molecular formula is C46H52N10O4. The fourth-order valence-corrected chi connectivity index (χ4v) is 10.7. The molecule has 0 bridgehead atoms. The summed E-state index contributed by atoms with van der Waals surface area (Å²) in [5, 5.41) is 17.0. The normalized spacial score (nSPS) is 22.3. The van der Waals surface area contributed by atoms with E-state index < -0.39 is 6.03 Å². The van der Waals surface area contributed by atoms with E-state index in [1.165, 1.54) is 0 Å². The van der Waals surface area contributed by atoms with E-state index in [2.05, 4.69) is 74.9 Å². The predicted octanol–water partition coefficient (Wildman–Crippen LogP) is 6.46. The first kappa shape index (κ1) is 39.4. The molecule has 7 heterocycles. The van der Waals surface area contributed by atoms with E-state index >= 15 is 0 Å². The molecule has 60 heavy (non-hydrogen) atoms. The van der Waals surface area contributed by atoms with E-state index in [4.69, 9.17) is 9.72 Å². The van der Waals surface area contributed by atoms with E-state index in [9.17, 15) is 19.6 Å². The molecule has 0 spiro atoms. The summed E-state index contributed by atoms with van der Waals surface area (Å²) in [6.45, 7) is 13.9. The highest BCUT2D eigenvalue weighted by Crippen LogP contribution is 2.56. The topological polar surface area (TPSA) is 162 Å². The van der Waals surface area contributed by atoms with Gasteiger partial charge in [-0.15, -0.1) is 0 Å². The number of rotatable bonds is 9. The minimum Gasteiger partial charge on any atom is -0.488 e. The second-order valence-corrected chi connectivity index (χ2v) is 18.1. The number of ether oxygens (including phenoxy) is 1. The van der Waals surface area contributed by atoms with Crippen LogP contribution in [0.25, 0.3) is 21.8 Å². The second-order valence-electron chi connectivity index (χ2n) is 18.1. The Morgan fingerprint density at radius 3 is 2.40 bits per heavy atom. The van der Waals surface area contributed by atoms with Gasteiger partial charge in [-0.05, 0) is 80.1 Å². The van der Waals surface area contributed by atoms with Crippen molar-refractivity contribution in [2.75, 3.05) is 49.1 Å². The van der Waals surface area contributed by atoms with Crippen molar-refractivity contribution in [3.8, 4) is 11.8 Å². The number of likely N-dealkylation sites (tertiary alicyclic amines) is 1. The van der Waals surface area contributed by atoms with Crippen LogP contribution >= 0.6 is 0 Å². The van der Waals surface area contributed by atoms with Gasteiger partial charge in [0.15, 0.2) is 0 Å². The van der Waals surface area contributed by atoms with Crippen LogP contribution in [0.15, 0.2) is 73.3 Å². The third-order valence-electron chi connectivity index (χ3n) is 13.6. The molecule has 4 amide bonds. The molecule has 1 saturated carbocycles. The van der Waals surface area contributed by atoms with Gasteiger partial charge in [-0.2, -0.15) is 5.26 Å². The van der Waals surface area contributed by atoms with E-state index in [1.807, 2.05) is 42.5 Å².